The van der Waals surface area contributed by atoms with Crippen molar-refractivity contribution in [3.8, 4) is 0 Å². The van der Waals surface area contributed by atoms with Gasteiger partial charge in [-0.05, 0) is 25.7 Å². The molecule has 0 amide bonds. The fraction of sp³-hybridized carbons (Fsp3) is 0.778. The van der Waals surface area contributed by atoms with Gasteiger partial charge in [0, 0.05) is 5.75 Å². The van der Waals surface area contributed by atoms with Crippen LogP contribution in [0.4, 0.5) is 0 Å². The Morgan fingerprint density at radius 1 is 1.20 bits per heavy atom. The van der Waals surface area contributed by atoms with Gasteiger partial charge in [0.2, 0.25) is 0 Å². The quantitative estimate of drug-likeness (QED) is 0.437. The minimum atomic E-state index is 0.972. The Labute approximate surface area is 69.1 Å². The smallest absolute Gasteiger partial charge is 0.0112 e. The number of hydrogen-bond donors (Lipinski definition) is 1. The minimum Gasteiger partial charge on any atom is -0.175 e. The van der Waals surface area contributed by atoms with E-state index in [0.717, 1.165) is 5.75 Å². The van der Waals surface area contributed by atoms with E-state index in [2.05, 4.69) is 18.7 Å². The second-order valence-corrected chi connectivity index (χ2v) is 3.29. The van der Waals surface area contributed by atoms with Crippen LogP contribution >= 0.6 is 12.6 Å². The van der Waals surface area contributed by atoms with Crippen LogP contribution in [0.25, 0.3) is 0 Å². The van der Waals surface area contributed by atoms with Crippen LogP contribution < -0.4 is 0 Å². The van der Waals surface area contributed by atoms with Crippen LogP contribution in [0.15, 0.2) is 11.6 Å². The van der Waals surface area contributed by atoms with Gasteiger partial charge < -0.3 is 0 Å². The molecule has 1 aliphatic rings. The lowest BCUT2D eigenvalue weighted by Gasteiger charge is -2.07. The first-order valence-corrected chi connectivity index (χ1v) is 4.85. The lowest BCUT2D eigenvalue weighted by atomic mass is 10.0. The first kappa shape index (κ1) is 8.19. The molecule has 0 saturated carbocycles. The number of allylic oxidation sites excluding steroid dienone is 1. The van der Waals surface area contributed by atoms with Gasteiger partial charge in [-0.25, -0.2) is 0 Å². The highest BCUT2D eigenvalue weighted by atomic mass is 32.1. The average Bonchev–Trinajstić information content (AvgIpc) is 1.87. The summed E-state index contributed by atoms with van der Waals surface area (Å²) >= 11 is 4.28. The zero-order valence-electron chi connectivity index (χ0n) is 6.47. The van der Waals surface area contributed by atoms with Crippen molar-refractivity contribution < 1.29 is 0 Å². The molecule has 0 radical (unpaired) electrons. The SMILES string of the molecule is SC/C1=C/CCCCCC1. The van der Waals surface area contributed by atoms with Gasteiger partial charge in [-0.15, -0.1) is 0 Å². The van der Waals surface area contributed by atoms with Crippen molar-refractivity contribution in [2.24, 2.45) is 0 Å². The summed E-state index contributed by atoms with van der Waals surface area (Å²) in [6, 6.07) is 0. The van der Waals surface area contributed by atoms with Crippen LogP contribution in [0.2, 0.25) is 0 Å². The van der Waals surface area contributed by atoms with Crippen molar-refractivity contribution in [2.45, 2.75) is 38.5 Å². The summed E-state index contributed by atoms with van der Waals surface area (Å²) in [7, 11) is 0. The summed E-state index contributed by atoms with van der Waals surface area (Å²) in [5.41, 5.74) is 1.56. The molecule has 0 saturated heterocycles. The van der Waals surface area contributed by atoms with E-state index < -0.39 is 0 Å². The Kier molecular flexibility index (Phi) is 3.96. The third-order valence-electron chi connectivity index (χ3n) is 2.09. The molecule has 0 atom stereocenters. The Morgan fingerprint density at radius 3 is 2.80 bits per heavy atom. The van der Waals surface area contributed by atoms with E-state index in [-0.39, 0.29) is 0 Å². The Bertz CT molecular complexity index is 116. The van der Waals surface area contributed by atoms with E-state index in [0.29, 0.717) is 0 Å². The minimum absolute atomic E-state index is 0.972. The van der Waals surface area contributed by atoms with Crippen LogP contribution in [0, 0.1) is 0 Å². The highest BCUT2D eigenvalue weighted by Crippen LogP contribution is 2.17. The van der Waals surface area contributed by atoms with Crippen molar-refractivity contribution in [3.63, 3.8) is 0 Å². The van der Waals surface area contributed by atoms with Crippen LogP contribution in [-0.4, -0.2) is 5.75 Å². The molecule has 0 aliphatic heterocycles. The Morgan fingerprint density at radius 2 is 2.00 bits per heavy atom. The predicted molar refractivity (Wildman–Crippen MR) is 49.6 cm³/mol. The van der Waals surface area contributed by atoms with Crippen LogP contribution in [-0.2, 0) is 0 Å². The predicted octanol–water partition coefficient (Wildman–Crippen LogP) is 3.20. The third kappa shape index (κ3) is 2.78. The van der Waals surface area contributed by atoms with E-state index >= 15 is 0 Å². The van der Waals surface area contributed by atoms with Gasteiger partial charge >= 0.3 is 0 Å². The van der Waals surface area contributed by atoms with Gasteiger partial charge in [-0.3, -0.25) is 0 Å². The molecule has 0 N–H and O–H groups in total. The zero-order chi connectivity index (χ0) is 7.23. The molecule has 10 heavy (non-hydrogen) atoms. The maximum absolute atomic E-state index is 4.28. The molecule has 1 rings (SSSR count). The molecule has 1 aliphatic carbocycles. The summed E-state index contributed by atoms with van der Waals surface area (Å²) in [5, 5.41) is 0. The van der Waals surface area contributed by atoms with E-state index in [1.165, 1.54) is 38.5 Å². The summed E-state index contributed by atoms with van der Waals surface area (Å²) in [4.78, 5) is 0. The topological polar surface area (TPSA) is 0 Å². The molecule has 0 nitrogen and oxygen atoms in total. The first-order valence-electron chi connectivity index (χ1n) is 4.22. The van der Waals surface area contributed by atoms with Gasteiger partial charge in [0.15, 0.2) is 0 Å². The molecule has 0 fully saturated rings. The largest absolute Gasteiger partial charge is 0.175 e. The van der Waals surface area contributed by atoms with Gasteiger partial charge in [-0.2, -0.15) is 12.6 Å². The van der Waals surface area contributed by atoms with Crippen molar-refractivity contribution in [2.75, 3.05) is 5.75 Å². The maximum atomic E-state index is 4.28. The van der Waals surface area contributed by atoms with Crippen molar-refractivity contribution in [3.05, 3.63) is 11.6 Å². The van der Waals surface area contributed by atoms with E-state index in [9.17, 15) is 0 Å². The number of hydrogen-bond acceptors (Lipinski definition) is 1. The van der Waals surface area contributed by atoms with E-state index in [1.807, 2.05) is 0 Å². The Balaban J connectivity index is 2.35. The van der Waals surface area contributed by atoms with E-state index in [1.54, 1.807) is 5.57 Å². The molecular weight excluding hydrogens is 140 g/mol. The second kappa shape index (κ2) is 4.84. The molecule has 1 heteroatoms. The van der Waals surface area contributed by atoms with Crippen LogP contribution in [0.1, 0.15) is 38.5 Å². The fourth-order valence-electron chi connectivity index (χ4n) is 1.40. The molecule has 58 valence electrons. The molecular formula is C9H16S. The lowest BCUT2D eigenvalue weighted by molar-refractivity contribution is 0.626. The van der Waals surface area contributed by atoms with E-state index in [4.69, 9.17) is 0 Å². The molecule has 0 bridgehead atoms. The summed E-state index contributed by atoms with van der Waals surface area (Å²) in [6.45, 7) is 0. The number of rotatable bonds is 1. The van der Waals surface area contributed by atoms with Gasteiger partial charge in [0.25, 0.3) is 0 Å². The van der Waals surface area contributed by atoms with Gasteiger partial charge in [0.05, 0.1) is 0 Å². The number of thiol groups is 1. The summed E-state index contributed by atoms with van der Waals surface area (Å²) in [6.07, 6.45) is 10.6. The zero-order valence-corrected chi connectivity index (χ0v) is 7.37. The Hall–Kier alpha value is 0.0900. The van der Waals surface area contributed by atoms with Gasteiger partial charge in [0.1, 0.15) is 0 Å². The molecule has 0 aromatic heterocycles. The second-order valence-electron chi connectivity index (χ2n) is 2.97. The highest BCUT2D eigenvalue weighted by molar-refractivity contribution is 7.80. The summed E-state index contributed by atoms with van der Waals surface area (Å²) in [5.74, 6) is 0.972. The van der Waals surface area contributed by atoms with Crippen molar-refractivity contribution in [1.29, 1.82) is 0 Å². The standard InChI is InChI=1S/C9H16S/c10-8-9-6-4-2-1-3-5-7-9/h6,10H,1-5,7-8H2/b9-6+. The average molecular weight is 156 g/mol. The third-order valence-corrected chi connectivity index (χ3v) is 2.49. The van der Waals surface area contributed by atoms with Crippen LogP contribution in [0.3, 0.4) is 0 Å². The van der Waals surface area contributed by atoms with Gasteiger partial charge in [-0.1, -0.05) is 24.5 Å². The van der Waals surface area contributed by atoms with Crippen molar-refractivity contribution in [1.82, 2.24) is 0 Å². The normalized spacial score (nSPS) is 26.3. The van der Waals surface area contributed by atoms with Crippen LogP contribution in [0.5, 0.6) is 0 Å². The molecule has 0 unspecified atom stereocenters. The molecule has 0 heterocycles. The fourth-order valence-corrected chi connectivity index (χ4v) is 1.69. The molecule has 0 aromatic rings. The maximum Gasteiger partial charge on any atom is 0.0112 e. The summed E-state index contributed by atoms with van der Waals surface area (Å²) < 4.78 is 0. The van der Waals surface area contributed by atoms with Crippen molar-refractivity contribution >= 4 is 12.6 Å². The first-order chi connectivity index (χ1) is 4.93. The molecule has 0 aromatic carbocycles. The monoisotopic (exact) mass is 156 g/mol. The highest BCUT2D eigenvalue weighted by Gasteiger charge is 1.98. The lowest BCUT2D eigenvalue weighted by Crippen LogP contribution is -1.90. The molecule has 0 spiro atoms.